The van der Waals surface area contributed by atoms with Gasteiger partial charge in [0.2, 0.25) is 0 Å². The van der Waals surface area contributed by atoms with Crippen LogP contribution in [0.4, 0.5) is 0 Å². The first-order valence-electron chi connectivity index (χ1n) is 17.2. The van der Waals surface area contributed by atoms with Crippen molar-refractivity contribution in [3.05, 3.63) is 48.6 Å². The zero-order valence-electron chi connectivity index (χ0n) is 28.6. The molecule has 0 amide bonds. The largest absolute Gasteiger partial charge is 0.480 e. The number of rotatable bonds is 31. The third-order valence-corrected chi connectivity index (χ3v) is 7.79. The van der Waals surface area contributed by atoms with Crippen molar-refractivity contribution in [3.63, 3.8) is 0 Å². The van der Waals surface area contributed by atoms with Crippen LogP contribution >= 0.6 is 7.82 Å². The van der Waals surface area contributed by atoms with Gasteiger partial charge in [-0.05, 0) is 51.4 Å². The lowest BCUT2D eigenvalue weighted by atomic mass is 10.1. The van der Waals surface area contributed by atoms with E-state index in [9.17, 15) is 23.8 Å². The van der Waals surface area contributed by atoms with Crippen LogP contribution in [0.5, 0.6) is 0 Å². The van der Waals surface area contributed by atoms with Crippen LogP contribution in [0.25, 0.3) is 0 Å². The standard InChI is InChI=1S/C35H60NO10P/c1-3-5-7-9-11-13-14-15-16-17-18-19-21-22-24-26-33(37)43-28-31(29-44-47(41,42)45-30-32(36)35(39)40)46-34(38)27-25-23-20-12-10-8-6-4-2/h5,7,11,13,15-16,18-19,31-32H,3-4,6,8-10,12,14,17,20-30,36H2,1-2H3,(H,39,40)(H,41,42)/b7-5+,13-11+,16-15+,19-18+/t31-,32+/m0/s1. The summed E-state index contributed by atoms with van der Waals surface area (Å²) in [7, 11) is -4.71. The van der Waals surface area contributed by atoms with Crippen molar-refractivity contribution in [1.29, 1.82) is 0 Å². The van der Waals surface area contributed by atoms with Crippen LogP contribution in [0.2, 0.25) is 0 Å². The number of phosphoric ester groups is 1. The number of carbonyl (C=O) groups is 3. The minimum atomic E-state index is -4.71. The molecule has 11 nitrogen and oxygen atoms in total. The van der Waals surface area contributed by atoms with E-state index in [0.717, 1.165) is 57.8 Å². The highest BCUT2D eigenvalue weighted by atomic mass is 31.2. The summed E-state index contributed by atoms with van der Waals surface area (Å²) in [5.74, 6) is -2.45. The van der Waals surface area contributed by atoms with Gasteiger partial charge in [-0.1, -0.05) is 107 Å². The first kappa shape index (κ1) is 44.4. The molecule has 0 heterocycles. The van der Waals surface area contributed by atoms with Gasteiger partial charge >= 0.3 is 25.7 Å². The van der Waals surface area contributed by atoms with Gasteiger partial charge in [0.1, 0.15) is 12.6 Å². The van der Waals surface area contributed by atoms with E-state index >= 15 is 0 Å². The molecular formula is C35H60NO10P. The topological polar surface area (TPSA) is 172 Å². The van der Waals surface area contributed by atoms with Crippen LogP contribution in [0, 0.1) is 0 Å². The smallest absolute Gasteiger partial charge is 0.472 e. The maximum Gasteiger partial charge on any atom is 0.472 e. The molecule has 0 fully saturated rings. The Kier molecular flexibility index (Phi) is 29.1. The molecule has 0 radical (unpaired) electrons. The quantitative estimate of drug-likeness (QED) is 0.0280. The molecule has 12 heteroatoms. The Bertz CT molecular complexity index is 995. The van der Waals surface area contributed by atoms with Gasteiger partial charge < -0.3 is 25.2 Å². The van der Waals surface area contributed by atoms with Gasteiger partial charge in [0, 0.05) is 12.8 Å². The minimum Gasteiger partial charge on any atom is -0.480 e. The molecule has 0 aliphatic heterocycles. The van der Waals surface area contributed by atoms with Crippen molar-refractivity contribution >= 4 is 25.7 Å². The number of ether oxygens (including phenoxy) is 2. The van der Waals surface area contributed by atoms with Crippen LogP contribution in [0.1, 0.15) is 123 Å². The molecule has 1 unspecified atom stereocenters. The number of aliphatic carboxylic acids is 1. The highest BCUT2D eigenvalue weighted by molar-refractivity contribution is 7.47. The number of hydrogen-bond acceptors (Lipinski definition) is 9. The Morgan fingerprint density at radius 1 is 0.681 bits per heavy atom. The van der Waals surface area contributed by atoms with Crippen molar-refractivity contribution in [1.82, 2.24) is 0 Å². The minimum absolute atomic E-state index is 0.150. The summed E-state index contributed by atoms with van der Waals surface area (Å²) in [5.41, 5.74) is 5.29. The van der Waals surface area contributed by atoms with Crippen LogP contribution in [0.3, 0.4) is 0 Å². The van der Waals surface area contributed by atoms with Crippen molar-refractivity contribution in [2.45, 2.75) is 135 Å². The first-order chi connectivity index (χ1) is 22.6. The first-order valence-corrected chi connectivity index (χ1v) is 18.7. The number of phosphoric acid groups is 1. The zero-order valence-corrected chi connectivity index (χ0v) is 29.5. The molecule has 0 aromatic carbocycles. The fraction of sp³-hybridized carbons (Fsp3) is 0.686. The lowest BCUT2D eigenvalue weighted by molar-refractivity contribution is -0.161. The monoisotopic (exact) mass is 685 g/mol. The molecule has 270 valence electrons. The Balaban J connectivity index is 4.54. The summed E-state index contributed by atoms with van der Waals surface area (Å²) in [6.45, 7) is 2.56. The maximum atomic E-state index is 12.4. The van der Waals surface area contributed by atoms with Gasteiger partial charge in [0.15, 0.2) is 6.10 Å². The Morgan fingerprint density at radius 3 is 1.79 bits per heavy atom. The highest BCUT2D eigenvalue weighted by Gasteiger charge is 2.28. The van der Waals surface area contributed by atoms with E-state index in [1.807, 2.05) is 0 Å². The van der Waals surface area contributed by atoms with Crippen molar-refractivity contribution in [3.8, 4) is 0 Å². The van der Waals surface area contributed by atoms with Gasteiger partial charge in [-0.2, -0.15) is 0 Å². The number of carboxylic acid groups (broad SMARTS) is 1. The zero-order chi connectivity index (χ0) is 35.0. The van der Waals surface area contributed by atoms with Crippen LogP contribution in [0.15, 0.2) is 48.6 Å². The van der Waals surface area contributed by atoms with Gasteiger partial charge in [0.25, 0.3) is 0 Å². The van der Waals surface area contributed by atoms with Gasteiger partial charge in [0.05, 0.1) is 13.2 Å². The van der Waals surface area contributed by atoms with E-state index in [1.54, 1.807) is 0 Å². The fourth-order valence-corrected chi connectivity index (χ4v) is 4.89. The molecule has 0 saturated carbocycles. The molecule has 0 spiro atoms. The van der Waals surface area contributed by atoms with Crippen LogP contribution in [-0.2, 0) is 37.5 Å². The highest BCUT2D eigenvalue weighted by Crippen LogP contribution is 2.43. The number of esters is 2. The molecular weight excluding hydrogens is 625 g/mol. The number of hydrogen-bond donors (Lipinski definition) is 3. The summed E-state index contributed by atoms with van der Waals surface area (Å²) in [4.78, 5) is 45.5. The van der Waals surface area contributed by atoms with E-state index in [2.05, 4.69) is 67.0 Å². The SMILES string of the molecule is CC/C=C/C/C=C/C/C=C/C/C=C/CCCCC(=O)OC[C@@H](COP(=O)(O)OC[C@@H](N)C(=O)O)OC(=O)CCCCCCCCCC. The van der Waals surface area contributed by atoms with E-state index in [1.165, 1.54) is 25.7 Å². The Hall–Kier alpha value is -2.56. The molecule has 0 aliphatic rings. The lowest BCUT2D eigenvalue weighted by Crippen LogP contribution is -2.34. The molecule has 4 N–H and O–H groups in total. The number of nitrogens with two attached hydrogens (primary N) is 1. The van der Waals surface area contributed by atoms with E-state index < -0.39 is 51.1 Å². The Morgan fingerprint density at radius 2 is 1.19 bits per heavy atom. The Labute approximate surface area is 282 Å². The maximum absolute atomic E-state index is 12.4. The predicted molar refractivity (Wildman–Crippen MR) is 185 cm³/mol. The van der Waals surface area contributed by atoms with Gasteiger partial charge in [-0.3, -0.25) is 23.4 Å². The summed E-state index contributed by atoms with van der Waals surface area (Å²) < 4.78 is 32.3. The number of carbonyl (C=O) groups excluding carboxylic acids is 2. The number of unbranched alkanes of at least 4 members (excludes halogenated alkanes) is 9. The van der Waals surface area contributed by atoms with Crippen molar-refractivity contribution in [2.75, 3.05) is 19.8 Å². The second-order valence-electron chi connectivity index (χ2n) is 11.3. The molecule has 0 rings (SSSR count). The summed E-state index contributed by atoms with van der Waals surface area (Å²) in [6, 6.07) is -1.52. The second kappa shape index (κ2) is 30.8. The van der Waals surface area contributed by atoms with Crippen molar-refractivity contribution in [2.24, 2.45) is 5.73 Å². The van der Waals surface area contributed by atoms with Crippen LogP contribution < -0.4 is 5.73 Å². The van der Waals surface area contributed by atoms with Crippen LogP contribution in [-0.4, -0.2) is 59.9 Å². The van der Waals surface area contributed by atoms with E-state index in [4.69, 9.17) is 24.8 Å². The summed E-state index contributed by atoms with van der Waals surface area (Å²) >= 11 is 0. The molecule has 3 atom stereocenters. The molecule has 0 aromatic heterocycles. The lowest BCUT2D eigenvalue weighted by Gasteiger charge is -2.20. The fourth-order valence-electron chi connectivity index (χ4n) is 4.11. The molecule has 0 bridgehead atoms. The molecule has 0 saturated heterocycles. The summed E-state index contributed by atoms with van der Waals surface area (Å²) in [5, 5.41) is 8.82. The molecule has 0 aliphatic carbocycles. The number of allylic oxidation sites excluding steroid dienone is 8. The molecule has 47 heavy (non-hydrogen) atoms. The molecule has 0 aromatic rings. The summed E-state index contributed by atoms with van der Waals surface area (Å²) in [6.07, 6.45) is 30.7. The predicted octanol–water partition coefficient (Wildman–Crippen LogP) is 7.88. The number of carboxylic acids is 1. The third-order valence-electron chi connectivity index (χ3n) is 6.84. The van der Waals surface area contributed by atoms with Gasteiger partial charge in [-0.15, -0.1) is 0 Å². The third kappa shape index (κ3) is 30.5. The second-order valence-corrected chi connectivity index (χ2v) is 12.7. The average Bonchev–Trinajstić information content (AvgIpc) is 3.04. The normalized spacial score (nSPS) is 14.6. The van der Waals surface area contributed by atoms with Gasteiger partial charge in [-0.25, -0.2) is 4.57 Å². The van der Waals surface area contributed by atoms with Crippen molar-refractivity contribution < 1.29 is 47.5 Å². The average molecular weight is 686 g/mol. The van der Waals surface area contributed by atoms with E-state index in [-0.39, 0.29) is 19.4 Å². The van der Waals surface area contributed by atoms with E-state index in [0.29, 0.717) is 12.8 Å².